The number of nitrogens with one attached hydrogen (secondary N) is 1. The van der Waals surface area contributed by atoms with Crippen LogP contribution in [-0.2, 0) is 11.4 Å². The van der Waals surface area contributed by atoms with Gasteiger partial charge >= 0.3 is 5.97 Å². The Morgan fingerprint density at radius 3 is 2.43 bits per heavy atom. The largest absolute Gasteiger partial charge is 0.489 e. The summed E-state index contributed by atoms with van der Waals surface area (Å²) >= 11 is 0. The molecule has 3 aromatic rings. The molecule has 28 heavy (non-hydrogen) atoms. The highest BCUT2D eigenvalue weighted by Crippen LogP contribution is 2.23. The van der Waals surface area contributed by atoms with Gasteiger partial charge in [0.1, 0.15) is 30.5 Å². The van der Waals surface area contributed by atoms with Gasteiger partial charge in [0.05, 0.1) is 5.69 Å². The average Bonchev–Trinajstić information content (AvgIpc) is 2.71. The van der Waals surface area contributed by atoms with Crippen LogP contribution in [0.2, 0.25) is 0 Å². The number of carboxylic acids is 1. The van der Waals surface area contributed by atoms with Gasteiger partial charge < -0.3 is 15.2 Å². The van der Waals surface area contributed by atoms with Gasteiger partial charge in [-0.1, -0.05) is 44.2 Å². The molecule has 6 heteroatoms. The fraction of sp³-hybridized carbons (Fsp3) is 0.227. The highest BCUT2D eigenvalue weighted by Gasteiger charge is 2.21. The van der Waals surface area contributed by atoms with Gasteiger partial charge in [0.2, 0.25) is 0 Å². The molecule has 0 amide bonds. The van der Waals surface area contributed by atoms with Crippen molar-refractivity contribution >= 4 is 11.8 Å². The van der Waals surface area contributed by atoms with Crippen LogP contribution in [0.4, 0.5) is 5.82 Å². The van der Waals surface area contributed by atoms with Crippen LogP contribution in [0, 0.1) is 5.92 Å². The van der Waals surface area contributed by atoms with Crippen LogP contribution in [0.1, 0.15) is 19.4 Å². The van der Waals surface area contributed by atoms with Crippen molar-refractivity contribution in [2.75, 3.05) is 5.32 Å². The quantitative estimate of drug-likeness (QED) is 0.611. The predicted octanol–water partition coefficient (Wildman–Crippen LogP) is 4.24. The summed E-state index contributed by atoms with van der Waals surface area (Å²) in [6.07, 6.45) is 1.43. The smallest absolute Gasteiger partial charge is 0.326 e. The Balaban J connectivity index is 1.69. The Bertz CT molecular complexity index is 912. The zero-order valence-electron chi connectivity index (χ0n) is 15.9. The summed E-state index contributed by atoms with van der Waals surface area (Å²) in [6, 6.07) is 18.6. The van der Waals surface area contributed by atoms with Crippen LogP contribution in [0.3, 0.4) is 0 Å². The lowest BCUT2D eigenvalue weighted by Gasteiger charge is -2.18. The summed E-state index contributed by atoms with van der Waals surface area (Å²) in [5, 5.41) is 12.3. The third kappa shape index (κ3) is 5.07. The molecule has 0 aliphatic rings. The van der Waals surface area contributed by atoms with E-state index in [1.807, 2.05) is 68.4 Å². The van der Waals surface area contributed by atoms with Gasteiger partial charge in [-0.15, -0.1) is 0 Å². The normalized spacial score (nSPS) is 11.8. The van der Waals surface area contributed by atoms with Gasteiger partial charge in [-0.3, -0.25) is 0 Å². The molecule has 1 atom stereocenters. The van der Waals surface area contributed by atoms with Crippen molar-refractivity contribution < 1.29 is 14.6 Å². The number of nitrogens with zero attached hydrogens (tertiary/aromatic N) is 2. The van der Waals surface area contributed by atoms with E-state index in [-0.39, 0.29) is 5.92 Å². The molecule has 2 aromatic carbocycles. The number of ether oxygens (including phenoxy) is 1. The molecule has 0 aliphatic heterocycles. The van der Waals surface area contributed by atoms with Crippen molar-refractivity contribution in [2.45, 2.75) is 26.5 Å². The third-order valence-corrected chi connectivity index (χ3v) is 4.30. The van der Waals surface area contributed by atoms with Crippen LogP contribution in [-0.4, -0.2) is 27.1 Å². The van der Waals surface area contributed by atoms with E-state index < -0.39 is 12.0 Å². The molecule has 3 rings (SSSR count). The first-order valence-corrected chi connectivity index (χ1v) is 9.11. The number of hydrogen-bond acceptors (Lipinski definition) is 5. The van der Waals surface area contributed by atoms with Crippen LogP contribution >= 0.6 is 0 Å². The lowest BCUT2D eigenvalue weighted by atomic mass is 10.0. The molecular weight excluding hydrogens is 354 g/mol. The maximum atomic E-state index is 11.4. The minimum atomic E-state index is -0.907. The summed E-state index contributed by atoms with van der Waals surface area (Å²) in [5.41, 5.74) is 2.71. The Labute approximate surface area is 164 Å². The zero-order valence-corrected chi connectivity index (χ0v) is 15.9. The summed E-state index contributed by atoms with van der Waals surface area (Å²) in [4.78, 5) is 19.8. The molecular formula is C22H23N3O3. The van der Waals surface area contributed by atoms with Crippen molar-refractivity contribution in [3.63, 3.8) is 0 Å². The number of hydrogen-bond donors (Lipinski definition) is 2. The van der Waals surface area contributed by atoms with Gasteiger partial charge in [0.15, 0.2) is 0 Å². The second-order valence-corrected chi connectivity index (χ2v) is 6.79. The summed E-state index contributed by atoms with van der Waals surface area (Å²) in [7, 11) is 0. The van der Waals surface area contributed by atoms with Gasteiger partial charge in [-0.25, -0.2) is 14.8 Å². The number of rotatable bonds is 8. The van der Waals surface area contributed by atoms with E-state index in [1.165, 1.54) is 6.33 Å². The first kappa shape index (κ1) is 19.4. The first-order valence-electron chi connectivity index (χ1n) is 9.11. The molecule has 1 aromatic heterocycles. The highest BCUT2D eigenvalue weighted by atomic mass is 16.5. The van der Waals surface area contributed by atoms with Crippen molar-refractivity contribution in [3.8, 4) is 17.0 Å². The molecule has 0 saturated carbocycles. The SMILES string of the molecule is CC(C)C(Nc1cc(-c2ccc(OCc3ccccc3)cc2)ncn1)C(=O)O. The van der Waals surface area contributed by atoms with Crippen molar-refractivity contribution in [1.82, 2.24) is 9.97 Å². The lowest BCUT2D eigenvalue weighted by Crippen LogP contribution is -2.34. The fourth-order valence-electron chi connectivity index (χ4n) is 2.73. The Morgan fingerprint density at radius 2 is 1.79 bits per heavy atom. The molecule has 1 unspecified atom stereocenters. The van der Waals surface area contributed by atoms with Crippen LogP contribution < -0.4 is 10.1 Å². The van der Waals surface area contributed by atoms with Gasteiger partial charge in [-0.05, 0) is 35.7 Å². The molecule has 0 bridgehead atoms. The Hall–Kier alpha value is -3.41. The third-order valence-electron chi connectivity index (χ3n) is 4.30. The number of anilines is 1. The van der Waals surface area contributed by atoms with E-state index >= 15 is 0 Å². The zero-order chi connectivity index (χ0) is 19.9. The summed E-state index contributed by atoms with van der Waals surface area (Å²) in [5.74, 6) is 0.272. The monoisotopic (exact) mass is 377 g/mol. The molecule has 0 radical (unpaired) electrons. The Morgan fingerprint density at radius 1 is 1.07 bits per heavy atom. The lowest BCUT2D eigenvalue weighted by molar-refractivity contribution is -0.138. The second kappa shape index (κ2) is 8.99. The van der Waals surface area contributed by atoms with E-state index in [0.29, 0.717) is 18.1 Å². The maximum Gasteiger partial charge on any atom is 0.326 e. The maximum absolute atomic E-state index is 11.4. The van der Waals surface area contributed by atoms with E-state index in [1.54, 1.807) is 6.07 Å². The summed E-state index contributed by atoms with van der Waals surface area (Å²) < 4.78 is 5.80. The van der Waals surface area contributed by atoms with E-state index in [0.717, 1.165) is 16.9 Å². The molecule has 144 valence electrons. The van der Waals surface area contributed by atoms with E-state index in [4.69, 9.17) is 4.74 Å². The molecule has 0 aliphatic carbocycles. The molecule has 6 nitrogen and oxygen atoms in total. The Kier molecular flexibility index (Phi) is 6.22. The van der Waals surface area contributed by atoms with E-state index in [9.17, 15) is 9.90 Å². The number of aromatic nitrogens is 2. The fourth-order valence-corrected chi connectivity index (χ4v) is 2.73. The standard InChI is InChI=1S/C22H23N3O3/c1-15(2)21(22(26)27)25-20-12-19(23-14-24-20)17-8-10-18(11-9-17)28-13-16-6-4-3-5-7-16/h3-12,14-15,21H,13H2,1-2H3,(H,26,27)(H,23,24,25). The van der Waals surface area contributed by atoms with Gasteiger partial charge in [-0.2, -0.15) is 0 Å². The van der Waals surface area contributed by atoms with E-state index in [2.05, 4.69) is 15.3 Å². The average molecular weight is 377 g/mol. The second-order valence-electron chi connectivity index (χ2n) is 6.79. The number of carboxylic acid groups (broad SMARTS) is 1. The van der Waals surface area contributed by atoms with Crippen LogP contribution in [0.25, 0.3) is 11.3 Å². The number of carbonyl (C=O) groups is 1. The highest BCUT2D eigenvalue weighted by molar-refractivity contribution is 5.77. The molecule has 0 saturated heterocycles. The summed E-state index contributed by atoms with van der Waals surface area (Å²) in [6.45, 7) is 4.21. The first-order chi connectivity index (χ1) is 13.5. The van der Waals surface area contributed by atoms with Crippen LogP contribution in [0.15, 0.2) is 67.0 Å². The predicted molar refractivity (Wildman–Crippen MR) is 108 cm³/mol. The van der Waals surface area contributed by atoms with Crippen molar-refractivity contribution in [1.29, 1.82) is 0 Å². The minimum absolute atomic E-state index is 0.0723. The number of aliphatic carboxylic acids is 1. The van der Waals surface area contributed by atoms with Gasteiger partial charge in [0.25, 0.3) is 0 Å². The minimum Gasteiger partial charge on any atom is -0.489 e. The van der Waals surface area contributed by atoms with Gasteiger partial charge in [0, 0.05) is 11.6 Å². The molecule has 0 fully saturated rings. The molecule has 2 N–H and O–H groups in total. The molecule has 0 spiro atoms. The van der Waals surface area contributed by atoms with Crippen molar-refractivity contribution in [2.24, 2.45) is 5.92 Å². The topological polar surface area (TPSA) is 84.3 Å². The number of benzene rings is 2. The van der Waals surface area contributed by atoms with Crippen LogP contribution in [0.5, 0.6) is 5.75 Å². The molecule has 1 heterocycles. The van der Waals surface area contributed by atoms with Crippen molar-refractivity contribution in [3.05, 3.63) is 72.6 Å².